The zero-order valence-electron chi connectivity index (χ0n) is 12.0. The lowest BCUT2D eigenvalue weighted by atomic mass is 10.1. The topological polar surface area (TPSA) is 73.0 Å². The fourth-order valence-electron chi connectivity index (χ4n) is 2.80. The predicted octanol–water partition coefficient (Wildman–Crippen LogP) is 3.28. The number of aryl methyl sites for hydroxylation is 1. The van der Waals surface area contributed by atoms with Gasteiger partial charge in [-0.2, -0.15) is 5.10 Å². The van der Waals surface area contributed by atoms with Crippen molar-refractivity contribution >= 4 is 11.5 Å². The maximum absolute atomic E-state index is 11.2. The summed E-state index contributed by atoms with van der Waals surface area (Å²) in [5.74, 6) is 1.12. The highest BCUT2D eigenvalue weighted by atomic mass is 16.6. The molecule has 19 heavy (non-hydrogen) atoms. The Hall–Kier alpha value is -1.59. The number of hydrogen-bond donors (Lipinski definition) is 1. The van der Waals surface area contributed by atoms with E-state index in [1.54, 1.807) is 11.6 Å². The largest absolute Gasteiger partial charge is 0.362 e. The molecular formula is C13H22N4O2. The molecule has 6 heteroatoms. The Kier molecular flexibility index (Phi) is 3.78. The van der Waals surface area contributed by atoms with Gasteiger partial charge in [-0.05, 0) is 39.5 Å². The summed E-state index contributed by atoms with van der Waals surface area (Å²) in [4.78, 5) is 10.9. The molecule has 0 amide bonds. The first-order valence-corrected chi connectivity index (χ1v) is 6.91. The molecule has 0 saturated heterocycles. The summed E-state index contributed by atoms with van der Waals surface area (Å²) in [6.45, 7) is 7.86. The average molecular weight is 266 g/mol. The zero-order valence-corrected chi connectivity index (χ0v) is 12.0. The Balaban J connectivity index is 2.38. The van der Waals surface area contributed by atoms with Crippen LogP contribution in [0.25, 0.3) is 0 Å². The normalized spacial score (nSPS) is 23.0. The maximum Gasteiger partial charge on any atom is 0.333 e. The molecule has 1 fully saturated rings. The van der Waals surface area contributed by atoms with Crippen molar-refractivity contribution in [2.24, 2.45) is 5.92 Å². The van der Waals surface area contributed by atoms with E-state index in [2.05, 4.69) is 17.3 Å². The summed E-state index contributed by atoms with van der Waals surface area (Å²) in [7, 11) is 0. The van der Waals surface area contributed by atoms with Crippen LogP contribution in [0.2, 0.25) is 0 Å². The summed E-state index contributed by atoms with van der Waals surface area (Å²) >= 11 is 0. The van der Waals surface area contributed by atoms with Crippen molar-refractivity contribution in [1.29, 1.82) is 0 Å². The minimum absolute atomic E-state index is 0.103. The predicted molar refractivity (Wildman–Crippen MR) is 74.4 cm³/mol. The Labute approximate surface area is 113 Å². The number of hydrogen-bond acceptors (Lipinski definition) is 4. The highest BCUT2D eigenvalue weighted by molar-refractivity contribution is 5.60. The van der Waals surface area contributed by atoms with Gasteiger partial charge < -0.3 is 5.32 Å². The van der Waals surface area contributed by atoms with E-state index in [4.69, 9.17) is 0 Å². The first-order chi connectivity index (χ1) is 8.91. The first kappa shape index (κ1) is 13.8. The zero-order chi connectivity index (χ0) is 14.2. The van der Waals surface area contributed by atoms with Crippen LogP contribution < -0.4 is 5.32 Å². The van der Waals surface area contributed by atoms with Crippen LogP contribution in [0, 0.1) is 23.0 Å². The van der Waals surface area contributed by atoms with Crippen LogP contribution >= 0.6 is 0 Å². The summed E-state index contributed by atoms with van der Waals surface area (Å²) in [5.41, 5.74) is 0.597. The molecule has 1 aromatic heterocycles. The second-order valence-corrected chi connectivity index (χ2v) is 5.74. The van der Waals surface area contributed by atoms with Crippen molar-refractivity contribution in [2.75, 3.05) is 5.32 Å². The standard InChI is InChI=1S/C13H22N4O2/c1-8(2)16-13(12(17(18)19)10(4)15-16)14-11-7-5-6-9(11)3/h8-9,11,14H,5-7H2,1-4H3. The lowest BCUT2D eigenvalue weighted by molar-refractivity contribution is -0.384. The molecule has 2 atom stereocenters. The quantitative estimate of drug-likeness (QED) is 0.670. The molecule has 0 aromatic carbocycles. The lowest BCUT2D eigenvalue weighted by Gasteiger charge is -2.20. The first-order valence-electron chi connectivity index (χ1n) is 6.91. The Bertz CT molecular complexity index is 481. The van der Waals surface area contributed by atoms with E-state index >= 15 is 0 Å². The van der Waals surface area contributed by atoms with Gasteiger partial charge in [-0.3, -0.25) is 10.1 Å². The second-order valence-electron chi connectivity index (χ2n) is 5.74. The third-order valence-electron chi connectivity index (χ3n) is 3.91. The number of anilines is 1. The molecule has 1 aromatic rings. The molecule has 2 unspecified atom stereocenters. The van der Waals surface area contributed by atoms with Gasteiger partial charge in [0.05, 0.1) is 4.92 Å². The molecule has 0 spiro atoms. The molecule has 0 bridgehead atoms. The van der Waals surface area contributed by atoms with Gasteiger partial charge in [-0.15, -0.1) is 0 Å². The Morgan fingerprint density at radius 1 is 1.47 bits per heavy atom. The third-order valence-corrected chi connectivity index (χ3v) is 3.91. The van der Waals surface area contributed by atoms with Gasteiger partial charge >= 0.3 is 5.69 Å². The van der Waals surface area contributed by atoms with Gasteiger partial charge in [-0.25, -0.2) is 4.68 Å². The van der Waals surface area contributed by atoms with E-state index in [0.29, 0.717) is 23.5 Å². The van der Waals surface area contributed by atoms with E-state index in [0.717, 1.165) is 6.42 Å². The van der Waals surface area contributed by atoms with Crippen molar-refractivity contribution in [3.05, 3.63) is 15.8 Å². The summed E-state index contributed by atoms with van der Waals surface area (Å²) < 4.78 is 1.73. The van der Waals surface area contributed by atoms with Gasteiger partial charge in [0, 0.05) is 12.1 Å². The van der Waals surface area contributed by atoms with Crippen molar-refractivity contribution in [2.45, 2.75) is 59.0 Å². The van der Waals surface area contributed by atoms with Crippen LogP contribution in [0.3, 0.4) is 0 Å². The summed E-state index contributed by atoms with van der Waals surface area (Å²) in [5, 5.41) is 18.9. The van der Waals surface area contributed by atoms with Gasteiger partial charge in [-0.1, -0.05) is 13.3 Å². The van der Waals surface area contributed by atoms with E-state index in [-0.39, 0.29) is 16.7 Å². The van der Waals surface area contributed by atoms with E-state index < -0.39 is 0 Å². The van der Waals surface area contributed by atoms with Gasteiger partial charge in [0.1, 0.15) is 5.69 Å². The Morgan fingerprint density at radius 3 is 2.63 bits per heavy atom. The molecule has 1 heterocycles. The van der Waals surface area contributed by atoms with E-state index in [1.165, 1.54) is 12.8 Å². The van der Waals surface area contributed by atoms with Crippen LogP contribution in [0.5, 0.6) is 0 Å². The van der Waals surface area contributed by atoms with E-state index in [9.17, 15) is 10.1 Å². The number of aromatic nitrogens is 2. The van der Waals surface area contributed by atoms with Crippen LogP contribution in [0.15, 0.2) is 0 Å². The number of nitrogens with zero attached hydrogens (tertiary/aromatic N) is 3. The monoisotopic (exact) mass is 266 g/mol. The summed E-state index contributed by atoms with van der Waals surface area (Å²) in [6, 6.07) is 0.416. The molecule has 1 aliphatic carbocycles. The SMILES string of the molecule is Cc1nn(C(C)C)c(NC2CCCC2C)c1[N+](=O)[O-]. The minimum Gasteiger partial charge on any atom is -0.362 e. The number of nitrogens with one attached hydrogen (secondary N) is 1. The molecule has 0 aliphatic heterocycles. The average Bonchev–Trinajstić information content (AvgIpc) is 2.84. The molecule has 1 aliphatic rings. The third kappa shape index (κ3) is 2.57. The van der Waals surface area contributed by atoms with Crippen LogP contribution in [-0.2, 0) is 0 Å². The van der Waals surface area contributed by atoms with Crippen LogP contribution in [-0.4, -0.2) is 20.7 Å². The van der Waals surface area contributed by atoms with Gasteiger partial charge in [0.25, 0.3) is 0 Å². The fourth-order valence-corrected chi connectivity index (χ4v) is 2.80. The van der Waals surface area contributed by atoms with Crippen molar-refractivity contribution in [3.8, 4) is 0 Å². The second kappa shape index (κ2) is 5.19. The lowest BCUT2D eigenvalue weighted by Crippen LogP contribution is -2.24. The molecule has 1 saturated carbocycles. The van der Waals surface area contributed by atoms with Gasteiger partial charge in [0.15, 0.2) is 0 Å². The minimum atomic E-state index is -0.330. The molecule has 0 radical (unpaired) electrons. The number of nitro groups is 1. The summed E-state index contributed by atoms with van der Waals surface area (Å²) in [6.07, 6.45) is 3.43. The molecule has 2 rings (SSSR count). The van der Waals surface area contributed by atoms with Crippen molar-refractivity contribution in [3.63, 3.8) is 0 Å². The number of rotatable bonds is 4. The molecule has 1 N–H and O–H groups in total. The smallest absolute Gasteiger partial charge is 0.333 e. The van der Waals surface area contributed by atoms with Crippen molar-refractivity contribution < 1.29 is 4.92 Å². The van der Waals surface area contributed by atoms with E-state index in [1.807, 2.05) is 13.8 Å². The fraction of sp³-hybridized carbons (Fsp3) is 0.769. The van der Waals surface area contributed by atoms with Crippen molar-refractivity contribution in [1.82, 2.24) is 9.78 Å². The van der Waals surface area contributed by atoms with Crippen LogP contribution in [0.4, 0.5) is 11.5 Å². The van der Waals surface area contributed by atoms with Crippen LogP contribution in [0.1, 0.15) is 51.8 Å². The maximum atomic E-state index is 11.2. The van der Waals surface area contributed by atoms with Gasteiger partial charge in [0.2, 0.25) is 5.82 Å². The molecule has 6 nitrogen and oxygen atoms in total. The molecule has 106 valence electrons. The highest BCUT2D eigenvalue weighted by Gasteiger charge is 2.31. The highest BCUT2D eigenvalue weighted by Crippen LogP contribution is 2.35. The molecular weight excluding hydrogens is 244 g/mol. The Morgan fingerprint density at radius 2 is 2.16 bits per heavy atom.